The van der Waals surface area contributed by atoms with Crippen LogP contribution in [0, 0.1) is 0 Å². The average molecular weight is 413 g/mol. The van der Waals surface area contributed by atoms with E-state index in [1.54, 1.807) is 11.0 Å². The van der Waals surface area contributed by atoms with Gasteiger partial charge >= 0.3 is 5.97 Å². The van der Waals surface area contributed by atoms with Gasteiger partial charge in [-0.2, -0.15) is 0 Å². The number of benzene rings is 1. The summed E-state index contributed by atoms with van der Waals surface area (Å²) < 4.78 is 39.0. The van der Waals surface area contributed by atoms with E-state index in [2.05, 4.69) is 0 Å². The Morgan fingerprint density at radius 1 is 1.18 bits per heavy atom. The molecule has 0 radical (unpaired) electrons. The molecule has 1 heterocycles. The quantitative estimate of drug-likeness (QED) is 0.598. The Bertz CT molecular complexity index is 799. The second kappa shape index (κ2) is 9.27. The van der Waals surface area contributed by atoms with Gasteiger partial charge in [-0.05, 0) is 31.9 Å². The molecular weight excluding hydrogens is 386 g/mol. The highest BCUT2D eigenvalue weighted by molar-refractivity contribution is 7.91. The van der Waals surface area contributed by atoms with Gasteiger partial charge in [0.1, 0.15) is 11.5 Å². The summed E-state index contributed by atoms with van der Waals surface area (Å²) in [6.45, 7) is 3.32. The Balaban J connectivity index is 2.09. The number of rotatable bonds is 8. The van der Waals surface area contributed by atoms with Gasteiger partial charge in [-0.15, -0.1) is 0 Å². The fraction of sp³-hybridized carbons (Fsp3) is 0.579. The molecule has 156 valence electrons. The third-order valence-electron chi connectivity index (χ3n) is 4.87. The summed E-state index contributed by atoms with van der Waals surface area (Å²) in [5.41, 5.74) is 0.197. The molecule has 1 aromatic rings. The van der Waals surface area contributed by atoms with E-state index in [-0.39, 0.29) is 29.2 Å². The van der Waals surface area contributed by atoms with Crippen molar-refractivity contribution < 1.29 is 32.2 Å². The molecule has 8 nitrogen and oxygen atoms in total. The maximum absolute atomic E-state index is 12.7. The maximum Gasteiger partial charge on any atom is 0.338 e. The van der Waals surface area contributed by atoms with Crippen LogP contribution in [-0.2, 0) is 19.4 Å². The molecule has 0 unspecified atom stereocenters. The van der Waals surface area contributed by atoms with Crippen molar-refractivity contribution in [2.24, 2.45) is 0 Å². The zero-order valence-corrected chi connectivity index (χ0v) is 17.5. The lowest BCUT2D eigenvalue weighted by molar-refractivity contribution is -0.138. The largest absolute Gasteiger partial charge is 0.497 e. The van der Waals surface area contributed by atoms with Crippen molar-refractivity contribution in [3.05, 3.63) is 23.8 Å². The number of nitrogens with zero attached hydrogens (tertiary/aromatic N) is 1. The van der Waals surface area contributed by atoms with E-state index < -0.39 is 28.3 Å². The van der Waals surface area contributed by atoms with Gasteiger partial charge in [0, 0.05) is 18.2 Å². The lowest BCUT2D eigenvalue weighted by Gasteiger charge is -2.33. The zero-order chi connectivity index (χ0) is 20.9. The van der Waals surface area contributed by atoms with Crippen molar-refractivity contribution in [2.75, 3.05) is 32.3 Å². The number of carbonyl (C=O) groups excluding carboxylic acids is 2. The molecular formula is C19H27NO7S. The van der Waals surface area contributed by atoms with E-state index in [1.807, 2.05) is 13.8 Å². The molecule has 2 atom stereocenters. The van der Waals surface area contributed by atoms with E-state index in [9.17, 15) is 18.0 Å². The Kier molecular flexibility index (Phi) is 7.29. The summed E-state index contributed by atoms with van der Waals surface area (Å²) >= 11 is 0. The van der Waals surface area contributed by atoms with Gasteiger partial charge in [-0.3, -0.25) is 4.79 Å². The van der Waals surface area contributed by atoms with Gasteiger partial charge in [0.05, 0.1) is 31.3 Å². The molecule has 1 amide bonds. The maximum atomic E-state index is 12.7. The lowest BCUT2D eigenvalue weighted by atomic mass is 10.1. The summed E-state index contributed by atoms with van der Waals surface area (Å²) in [7, 11) is -0.204. The molecule has 0 aromatic heterocycles. The second-order valence-electron chi connectivity index (χ2n) is 6.79. The van der Waals surface area contributed by atoms with Crippen LogP contribution in [0.2, 0.25) is 0 Å². The molecule has 1 saturated heterocycles. The van der Waals surface area contributed by atoms with Gasteiger partial charge in [-0.25, -0.2) is 13.2 Å². The van der Waals surface area contributed by atoms with E-state index >= 15 is 0 Å². The van der Waals surface area contributed by atoms with Crippen LogP contribution in [-0.4, -0.2) is 69.6 Å². The first-order valence-electron chi connectivity index (χ1n) is 9.12. The minimum atomic E-state index is -3.13. The van der Waals surface area contributed by atoms with E-state index in [0.29, 0.717) is 24.3 Å². The summed E-state index contributed by atoms with van der Waals surface area (Å²) in [4.78, 5) is 26.6. The predicted octanol–water partition coefficient (Wildman–Crippen LogP) is 1.67. The van der Waals surface area contributed by atoms with Crippen LogP contribution in [0.4, 0.5) is 0 Å². The molecule has 1 aromatic carbocycles. The van der Waals surface area contributed by atoms with Crippen LogP contribution in [0.25, 0.3) is 0 Å². The molecule has 0 spiro atoms. The minimum Gasteiger partial charge on any atom is -0.497 e. The minimum absolute atomic E-state index is 0.0515. The normalized spacial score (nSPS) is 18.9. The van der Waals surface area contributed by atoms with Crippen molar-refractivity contribution in [3.63, 3.8) is 0 Å². The molecule has 0 N–H and O–H groups in total. The first kappa shape index (κ1) is 22.0. The molecule has 0 saturated carbocycles. The van der Waals surface area contributed by atoms with Crippen LogP contribution < -0.4 is 9.47 Å². The Morgan fingerprint density at radius 3 is 2.25 bits per heavy atom. The molecule has 0 bridgehead atoms. The third kappa shape index (κ3) is 5.37. The number of carbonyl (C=O) groups is 2. The number of ether oxygens (including phenoxy) is 3. The smallest absolute Gasteiger partial charge is 0.338 e. The number of methoxy groups -OCH3 is 2. The van der Waals surface area contributed by atoms with Gasteiger partial charge in [0.2, 0.25) is 0 Å². The zero-order valence-electron chi connectivity index (χ0n) is 16.6. The highest BCUT2D eigenvalue weighted by Crippen LogP contribution is 2.24. The molecule has 1 aliphatic heterocycles. The van der Waals surface area contributed by atoms with Crippen LogP contribution in [0.1, 0.15) is 37.0 Å². The Labute approximate surface area is 165 Å². The van der Waals surface area contributed by atoms with Gasteiger partial charge in [0.25, 0.3) is 5.91 Å². The number of amides is 1. The van der Waals surface area contributed by atoms with E-state index in [1.165, 1.54) is 26.4 Å². The summed E-state index contributed by atoms with van der Waals surface area (Å²) in [5.74, 6) is -0.218. The standard InChI is InChI=1S/C19H27NO7S/c1-5-13(2)20(15-6-7-28(23,24)12-15)18(21)11-27-19(22)14-8-16(25-3)10-17(9-14)26-4/h8-10,13,15H,5-7,11-12H2,1-4H3/t13-,15+/m1/s1. The molecule has 1 fully saturated rings. The van der Waals surface area contributed by atoms with Gasteiger partial charge in [0.15, 0.2) is 16.4 Å². The summed E-state index contributed by atoms with van der Waals surface area (Å²) in [6, 6.07) is 4.06. The monoisotopic (exact) mass is 413 g/mol. The number of esters is 1. The van der Waals surface area contributed by atoms with Crippen molar-refractivity contribution in [1.29, 1.82) is 0 Å². The molecule has 2 rings (SSSR count). The molecule has 28 heavy (non-hydrogen) atoms. The first-order chi connectivity index (χ1) is 13.2. The third-order valence-corrected chi connectivity index (χ3v) is 6.62. The predicted molar refractivity (Wildman–Crippen MR) is 103 cm³/mol. The lowest BCUT2D eigenvalue weighted by Crippen LogP contribution is -2.48. The van der Waals surface area contributed by atoms with Gasteiger partial charge < -0.3 is 19.1 Å². The Hall–Kier alpha value is -2.29. The van der Waals surface area contributed by atoms with Crippen molar-refractivity contribution in [2.45, 2.75) is 38.8 Å². The second-order valence-corrected chi connectivity index (χ2v) is 9.02. The highest BCUT2D eigenvalue weighted by atomic mass is 32.2. The van der Waals surface area contributed by atoms with Crippen LogP contribution in [0.15, 0.2) is 18.2 Å². The highest BCUT2D eigenvalue weighted by Gasteiger charge is 2.36. The van der Waals surface area contributed by atoms with E-state index in [0.717, 1.165) is 0 Å². The van der Waals surface area contributed by atoms with Crippen molar-refractivity contribution in [1.82, 2.24) is 4.90 Å². The van der Waals surface area contributed by atoms with E-state index in [4.69, 9.17) is 14.2 Å². The topological polar surface area (TPSA) is 99.2 Å². The number of hydrogen-bond acceptors (Lipinski definition) is 7. The fourth-order valence-electron chi connectivity index (χ4n) is 3.21. The molecule has 1 aliphatic rings. The number of sulfone groups is 1. The van der Waals surface area contributed by atoms with Crippen LogP contribution in [0.3, 0.4) is 0 Å². The summed E-state index contributed by atoms with van der Waals surface area (Å²) in [6.07, 6.45) is 1.07. The molecule has 9 heteroatoms. The van der Waals surface area contributed by atoms with Gasteiger partial charge in [-0.1, -0.05) is 6.92 Å². The van der Waals surface area contributed by atoms with Crippen molar-refractivity contribution >= 4 is 21.7 Å². The van der Waals surface area contributed by atoms with Crippen LogP contribution in [0.5, 0.6) is 11.5 Å². The molecule has 0 aliphatic carbocycles. The first-order valence-corrected chi connectivity index (χ1v) is 10.9. The Morgan fingerprint density at radius 2 is 1.79 bits per heavy atom. The number of hydrogen-bond donors (Lipinski definition) is 0. The SMILES string of the molecule is CC[C@@H](C)N(C(=O)COC(=O)c1cc(OC)cc(OC)c1)[C@H]1CCS(=O)(=O)C1. The van der Waals surface area contributed by atoms with Crippen molar-refractivity contribution in [3.8, 4) is 11.5 Å². The average Bonchev–Trinajstić information content (AvgIpc) is 3.04. The van der Waals surface area contributed by atoms with Crippen LogP contribution >= 0.6 is 0 Å². The summed E-state index contributed by atoms with van der Waals surface area (Å²) in [5, 5.41) is 0. The fourth-order valence-corrected chi connectivity index (χ4v) is 4.92.